The fraction of sp³-hybridized carbons (Fsp3) is 0.333. The van der Waals surface area contributed by atoms with Gasteiger partial charge in [0.25, 0.3) is 0 Å². The minimum absolute atomic E-state index is 0.0890. The summed E-state index contributed by atoms with van der Waals surface area (Å²) in [5.74, 6) is -1.07. The molecular formula is C24H26ClNO5. The standard InChI is InChI=1S/C24H26ClNO5/c1-13(2)22(24(29)30-5)31-21-10-16(6-8-19(21)25)12-26-15(4)14(3)18-11-17(23(27)28)7-9-20(18)26/h6-11,13,22H,12H2,1-5H3,(H,27,28)/t22-/m0/s1. The van der Waals surface area contributed by atoms with Crippen LogP contribution in [0.15, 0.2) is 36.4 Å². The molecule has 1 heterocycles. The van der Waals surface area contributed by atoms with Gasteiger partial charge in [-0.3, -0.25) is 0 Å². The third-order valence-corrected chi connectivity index (χ3v) is 5.83. The summed E-state index contributed by atoms with van der Waals surface area (Å²) in [5.41, 5.74) is 4.23. The summed E-state index contributed by atoms with van der Waals surface area (Å²) in [6.45, 7) is 8.29. The number of carbonyl (C=O) groups excluding carboxylic acids is 1. The van der Waals surface area contributed by atoms with Crippen LogP contribution in [-0.2, 0) is 16.1 Å². The first kappa shape index (κ1) is 22.7. The van der Waals surface area contributed by atoms with Crippen molar-refractivity contribution in [3.63, 3.8) is 0 Å². The van der Waals surface area contributed by atoms with E-state index in [1.807, 2.05) is 45.9 Å². The lowest BCUT2D eigenvalue weighted by Gasteiger charge is -2.21. The van der Waals surface area contributed by atoms with E-state index in [0.717, 1.165) is 27.7 Å². The summed E-state index contributed by atoms with van der Waals surface area (Å²) in [7, 11) is 1.33. The zero-order chi connectivity index (χ0) is 22.9. The zero-order valence-electron chi connectivity index (χ0n) is 18.2. The van der Waals surface area contributed by atoms with Gasteiger partial charge in [0.1, 0.15) is 5.75 Å². The van der Waals surface area contributed by atoms with Crippen LogP contribution in [0, 0.1) is 19.8 Å². The van der Waals surface area contributed by atoms with Crippen LogP contribution in [0.2, 0.25) is 5.02 Å². The molecular weight excluding hydrogens is 418 g/mol. The second-order valence-corrected chi connectivity index (χ2v) is 8.31. The van der Waals surface area contributed by atoms with Crippen molar-refractivity contribution in [2.45, 2.75) is 40.3 Å². The Morgan fingerprint density at radius 2 is 1.84 bits per heavy atom. The third-order valence-electron chi connectivity index (χ3n) is 5.52. The number of esters is 1. The number of aryl methyl sites for hydroxylation is 1. The zero-order valence-corrected chi connectivity index (χ0v) is 19.0. The second-order valence-electron chi connectivity index (χ2n) is 7.90. The van der Waals surface area contributed by atoms with Gasteiger partial charge in [-0.2, -0.15) is 0 Å². The summed E-state index contributed by atoms with van der Waals surface area (Å²) in [6, 6.07) is 10.6. The molecule has 1 N–H and O–H groups in total. The highest BCUT2D eigenvalue weighted by Crippen LogP contribution is 2.31. The number of hydrogen-bond acceptors (Lipinski definition) is 4. The van der Waals surface area contributed by atoms with Gasteiger partial charge in [0.05, 0.1) is 17.7 Å². The first-order valence-electron chi connectivity index (χ1n) is 9.99. The molecule has 0 saturated carbocycles. The maximum absolute atomic E-state index is 12.1. The molecule has 3 aromatic rings. The SMILES string of the molecule is COC(=O)[C@@H](Oc1cc(Cn2c(C)c(C)c3cc(C(=O)O)ccc32)ccc1Cl)C(C)C. The number of carbonyl (C=O) groups is 2. The molecule has 0 unspecified atom stereocenters. The number of carboxylic acid groups (broad SMARTS) is 1. The van der Waals surface area contributed by atoms with Gasteiger partial charge < -0.3 is 19.1 Å². The fourth-order valence-corrected chi connectivity index (χ4v) is 3.78. The summed E-state index contributed by atoms with van der Waals surface area (Å²) in [6.07, 6.45) is -0.761. The molecule has 7 heteroatoms. The van der Waals surface area contributed by atoms with E-state index in [4.69, 9.17) is 21.1 Å². The summed E-state index contributed by atoms with van der Waals surface area (Å²) in [4.78, 5) is 23.4. The van der Waals surface area contributed by atoms with Gasteiger partial charge >= 0.3 is 11.9 Å². The van der Waals surface area contributed by atoms with Gasteiger partial charge in [-0.05, 0) is 55.3 Å². The van der Waals surface area contributed by atoms with Crippen molar-refractivity contribution >= 4 is 34.4 Å². The lowest BCUT2D eigenvalue weighted by Crippen LogP contribution is -2.33. The van der Waals surface area contributed by atoms with Gasteiger partial charge in [0, 0.05) is 29.1 Å². The smallest absolute Gasteiger partial charge is 0.347 e. The van der Waals surface area contributed by atoms with Crippen LogP contribution in [0.1, 0.15) is 41.0 Å². The molecule has 31 heavy (non-hydrogen) atoms. The number of ether oxygens (including phenoxy) is 2. The van der Waals surface area contributed by atoms with Crippen molar-refractivity contribution in [3.8, 4) is 5.75 Å². The highest BCUT2D eigenvalue weighted by Gasteiger charge is 2.26. The van der Waals surface area contributed by atoms with E-state index in [1.54, 1.807) is 18.2 Å². The van der Waals surface area contributed by atoms with Crippen molar-refractivity contribution in [3.05, 3.63) is 63.8 Å². The maximum atomic E-state index is 12.1. The molecule has 0 aliphatic heterocycles. The number of carboxylic acids is 1. The predicted molar refractivity (Wildman–Crippen MR) is 120 cm³/mol. The Bertz CT molecular complexity index is 1150. The van der Waals surface area contributed by atoms with E-state index in [-0.39, 0.29) is 11.5 Å². The summed E-state index contributed by atoms with van der Waals surface area (Å²) >= 11 is 6.33. The largest absolute Gasteiger partial charge is 0.478 e. The van der Waals surface area contributed by atoms with E-state index < -0.39 is 18.0 Å². The van der Waals surface area contributed by atoms with Crippen LogP contribution in [0.4, 0.5) is 0 Å². The topological polar surface area (TPSA) is 77.8 Å². The summed E-state index contributed by atoms with van der Waals surface area (Å²) in [5, 5.41) is 10.6. The first-order chi connectivity index (χ1) is 14.6. The van der Waals surface area contributed by atoms with Gasteiger partial charge in [-0.1, -0.05) is 31.5 Å². The molecule has 0 aliphatic carbocycles. The van der Waals surface area contributed by atoms with Gasteiger partial charge in [-0.25, -0.2) is 9.59 Å². The lowest BCUT2D eigenvalue weighted by molar-refractivity contribution is -0.150. The Kier molecular flexibility index (Phi) is 6.60. The molecule has 0 spiro atoms. The number of hydrogen-bond donors (Lipinski definition) is 1. The second kappa shape index (κ2) is 9.02. The molecule has 2 aromatic carbocycles. The molecule has 1 atom stereocenters. The molecule has 6 nitrogen and oxygen atoms in total. The average molecular weight is 444 g/mol. The van der Waals surface area contributed by atoms with Crippen LogP contribution in [0.5, 0.6) is 5.75 Å². The Balaban J connectivity index is 1.98. The normalized spacial score (nSPS) is 12.2. The molecule has 3 rings (SSSR count). The van der Waals surface area contributed by atoms with Crippen molar-refractivity contribution in [1.29, 1.82) is 0 Å². The number of rotatable bonds is 7. The number of methoxy groups -OCH3 is 1. The average Bonchev–Trinajstić information content (AvgIpc) is 2.97. The van der Waals surface area contributed by atoms with E-state index >= 15 is 0 Å². The Labute approximate surface area is 186 Å². The van der Waals surface area contributed by atoms with Crippen LogP contribution >= 0.6 is 11.6 Å². The molecule has 0 amide bonds. The van der Waals surface area contributed by atoms with Gasteiger partial charge in [0.15, 0.2) is 6.10 Å². The van der Waals surface area contributed by atoms with Crippen LogP contribution in [-0.4, -0.2) is 34.8 Å². The van der Waals surface area contributed by atoms with E-state index in [1.165, 1.54) is 7.11 Å². The Morgan fingerprint density at radius 3 is 2.45 bits per heavy atom. The van der Waals surface area contributed by atoms with Crippen molar-refractivity contribution < 1.29 is 24.2 Å². The Hall–Kier alpha value is -2.99. The molecule has 0 bridgehead atoms. The minimum Gasteiger partial charge on any atom is -0.478 e. The number of aromatic nitrogens is 1. The molecule has 164 valence electrons. The monoisotopic (exact) mass is 443 g/mol. The van der Waals surface area contributed by atoms with Crippen molar-refractivity contribution in [2.24, 2.45) is 5.92 Å². The number of fused-ring (bicyclic) bond motifs is 1. The lowest BCUT2D eigenvalue weighted by atomic mass is 10.1. The number of benzene rings is 2. The van der Waals surface area contributed by atoms with Crippen LogP contribution < -0.4 is 4.74 Å². The fourth-order valence-electron chi connectivity index (χ4n) is 3.61. The maximum Gasteiger partial charge on any atom is 0.347 e. The van der Waals surface area contributed by atoms with Crippen molar-refractivity contribution in [2.75, 3.05) is 7.11 Å². The predicted octanol–water partition coefficient (Wildman–Crippen LogP) is 5.23. The number of halogens is 1. The quantitative estimate of drug-likeness (QED) is 0.505. The molecule has 0 saturated heterocycles. The highest BCUT2D eigenvalue weighted by atomic mass is 35.5. The van der Waals surface area contributed by atoms with E-state index in [2.05, 4.69) is 4.57 Å². The van der Waals surface area contributed by atoms with Gasteiger partial charge in [0.2, 0.25) is 0 Å². The third kappa shape index (κ3) is 4.54. The molecule has 0 fully saturated rings. The minimum atomic E-state index is -0.948. The van der Waals surface area contributed by atoms with E-state index in [0.29, 0.717) is 17.3 Å². The number of aromatic carboxylic acids is 1. The van der Waals surface area contributed by atoms with E-state index in [9.17, 15) is 14.7 Å². The van der Waals surface area contributed by atoms with Crippen LogP contribution in [0.25, 0.3) is 10.9 Å². The molecule has 1 aromatic heterocycles. The molecule has 0 radical (unpaired) electrons. The highest BCUT2D eigenvalue weighted by molar-refractivity contribution is 6.32. The first-order valence-corrected chi connectivity index (χ1v) is 10.4. The van der Waals surface area contributed by atoms with Crippen LogP contribution in [0.3, 0.4) is 0 Å². The molecule has 0 aliphatic rings. The number of nitrogens with zero attached hydrogens (tertiary/aromatic N) is 1. The van der Waals surface area contributed by atoms with Gasteiger partial charge in [-0.15, -0.1) is 0 Å². The van der Waals surface area contributed by atoms with Crippen molar-refractivity contribution in [1.82, 2.24) is 4.57 Å². The Morgan fingerprint density at radius 1 is 1.13 bits per heavy atom. The summed E-state index contributed by atoms with van der Waals surface area (Å²) < 4.78 is 12.9.